The number of piperidine rings is 1. The zero-order chi connectivity index (χ0) is 17.4. The maximum absolute atomic E-state index is 4.50. The van der Waals surface area contributed by atoms with E-state index in [0.717, 1.165) is 13.1 Å². The first-order chi connectivity index (χ1) is 12.1. The van der Waals surface area contributed by atoms with Crippen molar-refractivity contribution in [3.8, 4) is 0 Å². The Kier molecular flexibility index (Phi) is 4.69. The number of aromatic nitrogens is 3. The number of aryl methyl sites for hydroxylation is 1. The van der Waals surface area contributed by atoms with Crippen molar-refractivity contribution in [3.63, 3.8) is 0 Å². The van der Waals surface area contributed by atoms with Gasteiger partial charge in [-0.25, -0.2) is 0 Å². The first-order valence-corrected chi connectivity index (χ1v) is 10.3. The van der Waals surface area contributed by atoms with Gasteiger partial charge in [-0.15, -0.1) is 21.5 Å². The van der Waals surface area contributed by atoms with E-state index in [0.29, 0.717) is 17.4 Å². The minimum absolute atomic E-state index is 0.358. The average molecular weight is 360 g/mol. The molecule has 5 nitrogen and oxygen atoms in total. The molecule has 136 valence electrons. The van der Waals surface area contributed by atoms with Gasteiger partial charge in [0.15, 0.2) is 0 Å². The summed E-state index contributed by atoms with van der Waals surface area (Å²) in [5.41, 5.74) is 0.358. The van der Waals surface area contributed by atoms with Gasteiger partial charge in [-0.05, 0) is 56.6 Å². The monoisotopic (exact) mass is 359 g/mol. The first-order valence-electron chi connectivity index (χ1n) is 9.40. The molecule has 0 saturated carbocycles. The van der Waals surface area contributed by atoms with Gasteiger partial charge in [0, 0.05) is 43.5 Å². The third-order valence-corrected chi connectivity index (χ3v) is 7.14. The molecule has 1 spiro atoms. The molecule has 0 aromatic carbocycles. The van der Waals surface area contributed by atoms with E-state index in [9.17, 15) is 0 Å². The topological polar surface area (TPSA) is 37.2 Å². The van der Waals surface area contributed by atoms with Crippen molar-refractivity contribution >= 4 is 11.3 Å². The zero-order valence-electron chi connectivity index (χ0n) is 15.6. The highest BCUT2D eigenvalue weighted by molar-refractivity contribution is 7.09. The number of rotatable bonds is 4. The van der Waals surface area contributed by atoms with Crippen molar-refractivity contribution in [2.75, 3.05) is 26.2 Å². The summed E-state index contributed by atoms with van der Waals surface area (Å²) >= 11 is 1.87. The number of nitrogens with zero attached hydrogens (tertiary/aromatic N) is 5. The van der Waals surface area contributed by atoms with Crippen LogP contribution in [0.25, 0.3) is 0 Å². The van der Waals surface area contributed by atoms with Gasteiger partial charge < -0.3 is 4.57 Å². The van der Waals surface area contributed by atoms with E-state index >= 15 is 0 Å². The van der Waals surface area contributed by atoms with Crippen molar-refractivity contribution in [2.24, 2.45) is 12.5 Å². The van der Waals surface area contributed by atoms with Crippen molar-refractivity contribution in [1.29, 1.82) is 0 Å². The van der Waals surface area contributed by atoms with Crippen LogP contribution in [0.4, 0.5) is 0 Å². The third kappa shape index (κ3) is 3.27. The second-order valence-corrected chi connectivity index (χ2v) is 9.13. The summed E-state index contributed by atoms with van der Waals surface area (Å²) in [6.07, 6.45) is 4.38. The van der Waals surface area contributed by atoms with Crippen LogP contribution in [-0.4, -0.2) is 56.8 Å². The van der Waals surface area contributed by atoms with Gasteiger partial charge >= 0.3 is 0 Å². The fraction of sp³-hybridized carbons (Fsp3) is 0.684. The second-order valence-electron chi connectivity index (χ2n) is 8.09. The molecule has 2 fully saturated rings. The molecule has 2 aliphatic rings. The molecule has 2 saturated heterocycles. The summed E-state index contributed by atoms with van der Waals surface area (Å²) in [5, 5.41) is 10.8. The molecule has 1 unspecified atom stereocenters. The molecule has 0 amide bonds. The molecule has 2 aromatic rings. The number of thiophene rings is 1. The summed E-state index contributed by atoms with van der Waals surface area (Å²) in [7, 11) is 2.09. The number of likely N-dealkylation sites (tertiary alicyclic amines) is 2. The zero-order valence-corrected chi connectivity index (χ0v) is 16.4. The van der Waals surface area contributed by atoms with Gasteiger partial charge in [0.25, 0.3) is 0 Å². The third-order valence-electron chi connectivity index (χ3n) is 6.27. The molecule has 2 aliphatic heterocycles. The molecule has 25 heavy (non-hydrogen) atoms. The van der Waals surface area contributed by atoms with E-state index in [4.69, 9.17) is 0 Å². The highest BCUT2D eigenvalue weighted by Crippen LogP contribution is 2.49. The Balaban J connectivity index is 1.51. The lowest BCUT2D eigenvalue weighted by Gasteiger charge is -2.42. The van der Waals surface area contributed by atoms with Crippen LogP contribution < -0.4 is 0 Å². The lowest BCUT2D eigenvalue weighted by molar-refractivity contribution is 0.0872. The minimum atomic E-state index is 0.358. The Morgan fingerprint density at radius 3 is 2.72 bits per heavy atom. The Hall–Kier alpha value is -1.24. The summed E-state index contributed by atoms with van der Waals surface area (Å²) < 4.78 is 2.13. The van der Waals surface area contributed by atoms with E-state index in [1.54, 1.807) is 0 Å². The lowest BCUT2D eigenvalue weighted by atomic mass is 9.70. The lowest BCUT2D eigenvalue weighted by Crippen LogP contribution is -2.44. The van der Waals surface area contributed by atoms with Gasteiger partial charge in [0.1, 0.15) is 12.2 Å². The second kappa shape index (κ2) is 6.82. The predicted octanol–water partition coefficient (Wildman–Crippen LogP) is 2.97. The van der Waals surface area contributed by atoms with Crippen LogP contribution in [0.1, 0.15) is 43.3 Å². The highest BCUT2D eigenvalue weighted by Gasteiger charge is 2.50. The molecule has 0 radical (unpaired) electrons. The summed E-state index contributed by atoms with van der Waals surface area (Å²) in [4.78, 5) is 6.76. The molecular weight excluding hydrogens is 330 g/mol. The largest absolute Gasteiger partial charge is 0.320 e. The predicted molar refractivity (Wildman–Crippen MR) is 102 cm³/mol. The van der Waals surface area contributed by atoms with E-state index in [2.05, 4.69) is 63.0 Å². The normalized spacial score (nSPS) is 24.6. The fourth-order valence-electron chi connectivity index (χ4n) is 4.65. The highest BCUT2D eigenvalue weighted by atomic mass is 32.1. The van der Waals surface area contributed by atoms with Crippen LogP contribution in [0.3, 0.4) is 0 Å². The van der Waals surface area contributed by atoms with Crippen LogP contribution in [0.2, 0.25) is 0 Å². The minimum Gasteiger partial charge on any atom is -0.320 e. The molecule has 0 bridgehead atoms. The van der Waals surface area contributed by atoms with Crippen molar-refractivity contribution in [3.05, 3.63) is 34.5 Å². The van der Waals surface area contributed by atoms with Gasteiger partial charge in [-0.3, -0.25) is 9.80 Å². The molecule has 4 rings (SSSR count). The van der Waals surface area contributed by atoms with Crippen molar-refractivity contribution < 1.29 is 0 Å². The summed E-state index contributed by atoms with van der Waals surface area (Å²) in [6, 6.07) is 5.01. The Morgan fingerprint density at radius 2 is 2.12 bits per heavy atom. The Labute approximate surface area is 154 Å². The van der Waals surface area contributed by atoms with E-state index in [-0.39, 0.29) is 0 Å². The molecule has 0 aliphatic carbocycles. The quantitative estimate of drug-likeness (QED) is 0.841. The van der Waals surface area contributed by atoms with Crippen LogP contribution in [0.15, 0.2) is 23.8 Å². The molecule has 2 aromatic heterocycles. The SMILES string of the molecule is CC(C)N1CC(c2nncn2C)C2(CCN(Cc3cccs3)CC2)C1. The molecule has 0 N–H and O–H groups in total. The molecular formula is C19H29N5S. The fourth-order valence-corrected chi connectivity index (χ4v) is 5.40. The summed E-state index contributed by atoms with van der Waals surface area (Å²) in [5.74, 6) is 1.68. The molecule has 1 atom stereocenters. The van der Waals surface area contributed by atoms with Crippen LogP contribution in [-0.2, 0) is 13.6 Å². The van der Waals surface area contributed by atoms with Gasteiger partial charge in [0.2, 0.25) is 0 Å². The Morgan fingerprint density at radius 1 is 1.32 bits per heavy atom. The van der Waals surface area contributed by atoms with E-state index in [1.165, 1.54) is 43.2 Å². The maximum atomic E-state index is 4.50. The van der Waals surface area contributed by atoms with Crippen molar-refractivity contribution in [1.82, 2.24) is 24.6 Å². The molecule has 6 heteroatoms. The van der Waals surface area contributed by atoms with Gasteiger partial charge in [0.05, 0.1) is 0 Å². The summed E-state index contributed by atoms with van der Waals surface area (Å²) in [6.45, 7) is 10.5. The van der Waals surface area contributed by atoms with E-state index < -0.39 is 0 Å². The van der Waals surface area contributed by atoms with E-state index in [1.807, 2.05) is 17.7 Å². The van der Waals surface area contributed by atoms with Crippen LogP contribution >= 0.6 is 11.3 Å². The Bertz CT molecular complexity index is 684. The number of hydrogen-bond donors (Lipinski definition) is 0. The first kappa shape index (κ1) is 17.2. The average Bonchev–Trinajstić information content (AvgIpc) is 3.31. The van der Waals surface area contributed by atoms with Gasteiger partial charge in [-0.2, -0.15) is 0 Å². The smallest absolute Gasteiger partial charge is 0.137 e. The van der Waals surface area contributed by atoms with Crippen LogP contribution in [0.5, 0.6) is 0 Å². The van der Waals surface area contributed by atoms with Gasteiger partial charge in [-0.1, -0.05) is 6.07 Å². The van der Waals surface area contributed by atoms with Crippen LogP contribution in [0, 0.1) is 5.41 Å². The maximum Gasteiger partial charge on any atom is 0.137 e. The molecule has 4 heterocycles. The number of hydrogen-bond acceptors (Lipinski definition) is 5. The van der Waals surface area contributed by atoms with Crippen molar-refractivity contribution in [2.45, 2.75) is 45.2 Å². The standard InChI is InChI=1S/C19H29N5S/c1-15(2)24-12-17(18-21-20-14-22(18)3)19(13-24)6-8-23(9-7-19)11-16-5-4-10-25-16/h4-5,10,14-15,17H,6-9,11-13H2,1-3H3.